The fourth-order valence-corrected chi connectivity index (χ4v) is 1.74. The molecule has 22 heavy (non-hydrogen) atoms. The molecule has 0 fully saturated rings. The van der Waals surface area contributed by atoms with Gasteiger partial charge >= 0.3 is 12.4 Å². The van der Waals surface area contributed by atoms with Gasteiger partial charge in [0.1, 0.15) is 11.5 Å². The van der Waals surface area contributed by atoms with Crippen molar-refractivity contribution in [3.63, 3.8) is 0 Å². The van der Waals surface area contributed by atoms with Crippen molar-refractivity contribution in [1.29, 1.82) is 0 Å². The van der Waals surface area contributed by atoms with Crippen LogP contribution < -0.4 is 10.5 Å². The van der Waals surface area contributed by atoms with Crippen molar-refractivity contribution < 1.29 is 31.1 Å². The van der Waals surface area contributed by atoms with E-state index in [2.05, 4.69) is 0 Å². The fraction of sp³-hybridized carbons (Fsp3) is 0.143. The Labute approximate surface area is 121 Å². The summed E-state index contributed by atoms with van der Waals surface area (Å²) >= 11 is 0. The number of ether oxygens (including phenoxy) is 1. The van der Waals surface area contributed by atoms with Crippen LogP contribution in [0.3, 0.4) is 0 Å². The molecule has 0 aliphatic rings. The molecule has 0 saturated heterocycles. The van der Waals surface area contributed by atoms with Gasteiger partial charge in [0.2, 0.25) is 0 Å². The third-order valence-corrected chi connectivity index (χ3v) is 2.72. The second-order valence-electron chi connectivity index (χ2n) is 4.37. The minimum Gasteiger partial charge on any atom is -0.457 e. The summed E-state index contributed by atoms with van der Waals surface area (Å²) in [6.07, 6.45) is -10.3. The fourth-order valence-electron chi connectivity index (χ4n) is 1.74. The summed E-state index contributed by atoms with van der Waals surface area (Å²) in [6, 6.07) is 7.16. The van der Waals surface area contributed by atoms with Gasteiger partial charge in [-0.1, -0.05) is 0 Å². The van der Waals surface area contributed by atoms with E-state index >= 15 is 0 Å². The number of nitrogens with two attached hydrogens (primary N) is 1. The molecule has 2 aromatic rings. The molecule has 118 valence electrons. The molecule has 0 aromatic heterocycles. The van der Waals surface area contributed by atoms with Crippen molar-refractivity contribution in [2.75, 3.05) is 5.73 Å². The van der Waals surface area contributed by atoms with Gasteiger partial charge in [0.05, 0.1) is 11.1 Å². The molecule has 0 atom stereocenters. The molecule has 0 amide bonds. The molecule has 2 rings (SSSR count). The van der Waals surface area contributed by atoms with E-state index < -0.39 is 23.5 Å². The Bertz CT molecular complexity index is 661. The number of hydrogen-bond acceptors (Lipinski definition) is 2. The van der Waals surface area contributed by atoms with Gasteiger partial charge in [-0.25, -0.2) is 0 Å². The topological polar surface area (TPSA) is 35.2 Å². The van der Waals surface area contributed by atoms with E-state index in [-0.39, 0.29) is 11.5 Å². The van der Waals surface area contributed by atoms with Crippen LogP contribution in [0.25, 0.3) is 0 Å². The number of hydrogen-bond donors (Lipinski definition) is 1. The number of halogens is 6. The predicted molar refractivity (Wildman–Crippen MR) is 67.4 cm³/mol. The van der Waals surface area contributed by atoms with Gasteiger partial charge in [-0.3, -0.25) is 0 Å². The van der Waals surface area contributed by atoms with Crippen LogP contribution >= 0.6 is 0 Å². The zero-order valence-electron chi connectivity index (χ0n) is 10.8. The second-order valence-corrected chi connectivity index (χ2v) is 4.37. The van der Waals surface area contributed by atoms with E-state index in [1.165, 1.54) is 24.3 Å². The van der Waals surface area contributed by atoms with Crippen LogP contribution in [0.15, 0.2) is 42.5 Å². The molecule has 0 aliphatic heterocycles. The Morgan fingerprint density at radius 2 is 1.18 bits per heavy atom. The molecule has 0 bridgehead atoms. The maximum absolute atomic E-state index is 12.8. The van der Waals surface area contributed by atoms with Crippen molar-refractivity contribution in [2.45, 2.75) is 12.4 Å². The normalized spacial score (nSPS) is 12.3. The van der Waals surface area contributed by atoms with Gasteiger partial charge < -0.3 is 10.5 Å². The van der Waals surface area contributed by atoms with Gasteiger partial charge in [0.15, 0.2) is 0 Å². The number of rotatable bonds is 2. The van der Waals surface area contributed by atoms with Gasteiger partial charge in [0, 0.05) is 5.69 Å². The third kappa shape index (κ3) is 3.63. The first-order chi connectivity index (χ1) is 10.1. The summed E-state index contributed by atoms with van der Waals surface area (Å²) in [6.45, 7) is 0. The summed E-state index contributed by atoms with van der Waals surface area (Å²) in [7, 11) is 0. The highest BCUT2D eigenvalue weighted by molar-refractivity contribution is 5.45. The van der Waals surface area contributed by atoms with Crippen LogP contribution in [0.2, 0.25) is 0 Å². The monoisotopic (exact) mass is 321 g/mol. The molecule has 0 saturated carbocycles. The summed E-state index contributed by atoms with van der Waals surface area (Å²) < 4.78 is 81.3. The molecule has 0 radical (unpaired) electrons. The summed E-state index contributed by atoms with van der Waals surface area (Å²) in [4.78, 5) is 0. The molecular weight excluding hydrogens is 312 g/mol. The SMILES string of the molecule is Nc1ccc(Oc2ccc(C(F)(F)F)c(C(F)(F)F)c2)cc1. The Hall–Kier alpha value is -2.38. The first kappa shape index (κ1) is 16.0. The zero-order chi connectivity index (χ0) is 16.5. The Morgan fingerprint density at radius 3 is 1.68 bits per heavy atom. The Kier molecular flexibility index (Phi) is 3.95. The van der Waals surface area contributed by atoms with Crippen molar-refractivity contribution in [3.8, 4) is 11.5 Å². The molecule has 0 aliphatic carbocycles. The first-order valence-electron chi connectivity index (χ1n) is 5.89. The molecule has 0 unspecified atom stereocenters. The molecular formula is C14H9F6NO. The van der Waals surface area contributed by atoms with Crippen molar-refractivity contribution >= 4 is 5.69 Å². The van der Waals surface area contributed by atoms with Crippen molar-refractivity contribution in [3.05, 3.63) is 53.6 Å². The smallest absolute Gasteiger partial charge is 0.417 e. The van der Waals surface area contributed by atoms with Gasteiger partial charge in [-0.2, -0.15) is 26.3 Å². The van der Waals surface area contributed by atoms with Crippen molar-refractivity contribution in [1.82, 2.24) is 0 Å². The quantitative estimate of drug-likeness (QED) is 0.617. The maximum Gasteiger partial charge on any atom is 0.417 e. The highest BCUT2D eigenvalue weighted by Gasteiger charge is 2.43. The maximum atomic E-state index is 12.8. The van der Waals surface area contributed by atoms with Crippen LogP contribution in [0.1, 0.15) is 11.1 Å². The lowest BCUT2D eigenvalue weighted by molar-refractivity contribution is -0.162. The average Bonchev–Trinajstić information content (AvgIpc) is 2.39. The predicted octanol–water partition coefficient (Wildman–Crippen LogP) is 5.10. The van der Waals surface area contributed by atoms with Gasteiger partial charge in [-0.15, -0.1) is 0 Å². The third-order valence-electron chi connectivity index (χ3n) is 2.72. The standard InChI is InChI=1S/C14H9F6NO/c15-13(16,17)11-6-5-10(7-12(11)14(18,19)20)22-9-3-1-8(21)2-4-9/h1-7H,21H2. The van der Waals surface area contributed by atoms with E-state index in [1.807, 2.05) is 0 Å². The largest absolute Gasteiger partial charge is 0.457 e. The lowest BCUT2D eigenvalue weighted by Gasteiger charge is -2.16. The molecule has 2 nitrogen and oxygen atoms in total. The second kappa shape index (κ2) is 5.43. The molecule has 2 N–H and O–H groups in total. The summed E-state index contributed by atoms with van der Waals surface area (Å²) in [5, 5.41) is 0. The number of benzene rings is 2. The van der Waals surface area contributed by atoms with Gasteiger partial charge in [0.25, 0.3) is 0 Å². The highest BCUT2D eigenvalue weighted by atomic mass is 19.4. The van der Waals surface area contributed by atoms with Crippen LogP contribution in [-0.4, -0.2) is 0 Å². The van der Waals surface area contributed by atoms with E-state index in [9.17, 15) is 26.3 Å². The Balaban J connectivity index is 2.41. The summed E-state index contributed by atoms with van der Waals surface area (Å²) in [5.74, 6) is -0.202. The van der Waals surface area contributed by atoms with Gasteiger partial charge in [-0.05, 0) is 42.5 Å². The van der Waals surface area contributed by atoms with Crippen LogP contribution in [0, 0.1) is 0 Å². The Morgan fingerprint density at radius 1 is 0.682 bits per heavy atom. The minimum atomic E-state index is -5.15. The first-order valence-corrected chi connectivity index (χ1v) is 5.89. The lowest BCUT2D eigenvalue weighted by atomic mass is 10.1. The van der Waals surface area contributed by atoms with Crippen LogP contribution in [0.5, 0.6) is 11.5 Å². The number of alkyl halides is 6. The number of anilines is 1. The highest BCUT2D eigenvalue weighted by Crippen LogP contribution is 2.42. The van der Waals surface area contributed by atoms with Crippen molar-refractivity contribution in [2.24, 2.45) is 0 Å². The van der Waals surface area contributed by atoms with Crippen LogP contribution in [-0.2, 0) is 12.4 Å². The molecule has 0 heterocycles. The average molecular weight is 321 g/mol. The van der Waals surface area contributed by atoms with E-state index in [0.29, 0.717) is 17.8 Å². The van der Waals surface area contributed by atoms with E-state index in [0.717, 1.165) is 6.07 Å². The summed E-state index contributed by atoms with van der Waals surface area (Å²) in [5.41, 5.74) is 2.29. The number of nitrogen functional groups attached to an aromatic ring is 1. The van der Waals surface area contributed by atoms with Crippen LogP contribution in [0.4, 0.5) is 32.0 Å². The lowest BCUT2D eigenvalue weighted by Crippen LogP contribution is -2.16. The molecule has 8 heteroatoms. The zero-order valence-corrected chi connectivity index (χ0v) is 10.8. The molecule has 0 spiro atoms. The molecule has 2 aromatic carbocycles. The van der Waals surface area contributed by atoms with E-state index in [1.54, 1.807) is 0 Å². The van der Waals surface area contributed by atoms with E-state index in [4.69, 9.17) is 10.5 Å². The minimum absolute atomic E-state index is 0.155.